The van der Waals surface area contributed by atoms with E-state index in [-0.39, 0.29) is 5.91 Å². The molecule has 1 heterocycles. The molecule has 1 aromatic rings. The van der Waals surface area contributed by atoms with Gasteiger partial charge in [-0.1, -0.05) is 12.1 Å². The average molecular weight is 248 g/mol. The lowest BCUT2D eigenvalue weighted by Gasteiger charge is -2.31. The number of piperidine rings is 1. The zero-order valence-corrected chi connectivity index (χ0v) is 10.8. The van der Waals surface area contributed by atoms with Crippen LogP contribution in [0, 0.1) is 0 Å². The summed E-state index contributed by atoms with van der Waals surface area (Å²) in [5.74, 6) is -0.373. The number of ether oxygens (including phenoxy) is 1. The molecular formula is C14H20N2O2. The van der Waals surface area contributed by atoms with Gasteiger partial charge in [0.05, 0.1) is 6.10 Å². The molecule has 0 atom stereocenters. The number of hydrogen-bond donors (Lipinski definition) is 1. The second kappa shape index (κ2) is 5.98. The smallest absolute Gasteiger partial charge is 0.248 e. The Balaban J connectivity index is 1.88. The normalized spacial score (nSPS) is 17.8. The molecule has 1 aromatic carbocycles. The summed E-state index contributed by atoms with van der Waals surface area (Å²) in [5, 5.41) is 0. The number of carbonyl (C=O) groups is 1. The Morgan fingerprint density at radius 3 is 2.44 bits per heavy atom. The van der Waals surface area contributed by atoms with E-state index in [4.69, 9.17) is 10.5 Å². The molecule has 0 saturated carbocycles. The molecular weight excluding hydrogens is 228 g/mol. The summed E-state index contributed by atoms with van der Waals surface area (Å²) in [7, 11) is 1.78. The number of nitrogens with two attached hydrogens (primary N) is 1. The molecule has 0 spiro atoms. The first-order valence-corrected chi connectivity index (χ1v) is 6.33. The molecule has 1 amide bonds. The van der Waals surface area contributed by atoms with Gasteiger partial charge in [0.1, 0.15) is 0 Å². The van der Waals surface area contributed by atoms with Crippen molar-refractivity contribution in [1.29, 1.82) is 0 Å². The van der Waals surface area contributed by atoms with Crippen molar-refractivity contribution in [3.63, 3.8) is 0 Å². The molecule has 1 saturated heterocycles. The highest BCUT2D eigenvalue weighted by molar-refractivity contribution is 5.92. The van der Waals surface area contributed by atoms with Crippen LogP contribution in [0.3, 0.4) is 0 Å². The van der Waals surface area contributed by atoms with Crippen molar-refractivity contribution in [3.05, 3.63) is 35.4 Å². The minimum absolute atomic E-state index is 0.373. The van der Waals surface area contributed by atoms with E-state index in [1.807, 2.05) is 12.1 Å². The lowest BCUT2D eigenvalue weighted by atomic mass is 10.1. The Hall–Kier alpha value is -1.39. The number of amides is 1. The predicted octanol–water partition coefficient (Wildman–Crippen LogP) is 1.40. The quantitative estimate of drug-likeness (QED) is 0.876. The van der Waals surface area contributed by atoms with Gasteiger partial charge in [-0.15, -0.1) is 0 Å². The minimum Gasteiger partial charge on any atom is -0.381 e. The van der Waals surface area contributed by atoms with Gasteiger partial charge in [0.25, 0.3) is 0 Å². The second-order valence-electron chi connectivity index (χ2n) is 4.77. The maximum Gasteiger partial charge on any atom is 0.248 e. The third-order valence-corrected chi connectivity index (χ3v) is 3.51. The molecule has 0 aliphatic carbocycles. The number of benzene rings is 1. The third-order valence-electron chi connectivity index (χ3n) is 3.51. The fourth-order valence-electron chi connectivity index (χ4n) is 2.34. The maximum atomic E-state index is 11.0. The summed E-state index contributed by atoms with van der Waals surface area (Å²) in [6.45, 7) is 3.06. The molecule has 0 bridgehead atoms. The molecule has 4 heteroatoms. The minimum atomic E-state index is -0.373. The van der Waals surface area contributed by atoms with E-state index in [9.17, 15) is 4.79 Å². The molecule has 1 aliphatic rings. The first-order valence-electron chi connectivity index (χ1n) is 6.33. The van der Waals surface area contributed by atoms with Gasteiger partial charge in [0, 0.05) is 32.3 Å². The number of likely N-dealkylation sites (tertiary alicyclic amines) is 1. The molecule has 1 aliphatic heterocycles. The van der Waals surface area contributed by atoms with Crippen molar-refractivity contribution >= 4 is 5.91 Å². The van der Waals surface area contributed by atoms with Crippen molar-refractivity contribution < 1.29 is 9.53 Å². The third kappa shape index (κ3) is 3.31. The second-order valence-corrected chi connectivity index (χ2v) is 4.77. The Bertz CT molecular complexity index is 395. The van der Waals surface area contributed by atoms with Gasteiger partial charge in [-0.2, -0.15) is 0 Å². The van der Waals surface area contributed by atoms with E-state index < -0.39 is 0 Å². The lowest BCUT2D eigenvalue weighted by molar-refractivity contribution is 0.0388. The number of hydrogen-bond acceptors (Lipinski definition) is 3. The van der Waals surface area contributed by atoms with Gasteiger partial charge in [0.2, 0.25) is 5.91 Å². The highest BCUT2D eigenvalue weighted by Crippen LogP contribution is 2.15. The molecule has 0 unspecified atom stereocenters. The molecule has 0 aromatic heterocycles. The topological polar surface area (TPSA) is 55.6 Å². The van der Waals surface area contributed by atoms with Gasteiger partial charge in [0.15, 0.2) is 0 Å². The molecule has 18 heavy (non-hydrogen) atoms. The van der Waals surface area contributed by atoms with Gasteiger partial charge in [-0.25, -0.2) is 0 Å². The monoisotopic (exact) mass is 248 g/mol. The number of nitrogens with zero attached hydrogens (tertiary/aromatic N) is 1. The van der Waals surface area contributed by atoms with E-state index in [1.54, 1.807) is 19.2 Å². The van der Waals surface area contributed by atoms with Crippen LogP contribution in [0.15, 0.2) is 24.3 Å². The zero-order valence-electron chi connectivity index (χ0n) is 10.8. The van der Waals surface area contributed by atoms with E-state index in [0.29, 0.717) is 11.7 Å². The Labute approximate surface area is 108 Å². The maximum absolute atomic E-state index is 11.0. The summed E-state index contributed by atoms with van der Waals surface area (Å²) in [6.07, 6.45) is 2.60. The van der Waals surface area contributed by atoms with Crippen molar-refractivity contribution in [2.45, 2.75) is 25.5 Å². The van der Waals surface area contributed by atoms with Crippen LogP contribution in [0.1, 0.15) is 28.8 Å². The standard InChI is InChI=1S/C14H20N2O2/c1-18-13-6-8-16(9-7-13)10-11-2-4-12(5-3-11)14(15)17/h2-5,13H,6-10H2,1H3,(H2,15,17). The van der Waals surface area contributed by atoms with Crippen LogP contribution in [0.2, 0.25) is 0 Å². The summed E-state index contributed by atoms with van der Waals surface area (Å²) >= 11 is 0. The van der Waals surface area contributed by atoms with Crippen LogP contribution < -0.4 is 5.73 Å². The van der Waals surface area contributed by atoms with Gasteiger partial charge in [-0.3, -0.25) is 9.69 Å². The van der Waals surface area contributed by atoms with Crippen LogP contribution in [-0.4, -0.2) is 37.1 Å². The highest BCUT2D eigenvalue weighted by Gasteiger charge is 2.18. The van der Waals surface area contributed by atoms with Crippen molar-refractivity contribution in [3.8, 4) is 0 Å². The molecule has 2 N–H and O–H groups in total. The van der Waals surface area contributed by atoms with Crippen molar-refractivity contribution in [2.24, 2.45) is 5.73 Å². The molecule has 0 radical (unpaired) electrons. The van der Waals surface area contributed by atoms with Gasteiger partial charge < -0.3 is 10.5 Å². The fourth-order valence-corrected chi connectivity index (χ4v) is 2.34. The van der Waals surface area contributed by atoms with E-state index in [2.05, 4.69) is 4.90 Å². The average Bonchev–Trinajstić information content (AvgIpc) is 2.40. The van der Waals surface area contributed by atoms with E-state index in [0.717, 1.165) is 32.5 Å². The van der Waals surface area contributed by atoms with Gasteiger partial charge >= 0.3 is 0 Å². The van der Waals surface area contributed by atoms with E-state index >= 15 is 0 Å². The fraction of sp³-hybridized carbons (Fsp3) is 0.500. The highest BCUT2D eigenvalue weighted by atomic mass is 16.5. The Morgan fingerprint density at radius 1 is 1.33 bits per heavy atom. The van der Waals surface area contributed by atoms with Gasteiger partial charge in [-0.05, 0) is 30.5 Å². The molecule has 98 valence electrons. The van der Waals surface area contributed by atoms with Crippen LogP contribution in [0.25, 0.3) is 0 Å². The van der Waals surface area contributed by atoms with Crippen molar-refractivity contribution in [2.75, 3.05) is 20.2 Å². The number of methoxy groups -OCH3 is 1. The molecule has 2 rings (SSSR count). The largest absolute Gasteiger partial charge is 0.381 e. The summed E-state index contributed by atoms with van der Waals surface area (Å²) in [6, 6.07) is 7.53. The lowest BCUT2D eigenvalue weighted by Crippen LogP contribution is -2.36. The van der Waals surface area contributed by atoms with Crippen LogP contribution >= 0.6 is 0 Å². The first-order chi connectivity index (χ1) is 8.69. The molecule has 4 nitrogen and oxygen atoms in total. The first kappa shape index (κ1) is 13.1. The SMILES string of the molecule is COC1CCN(Cc2ccc(C(N)=O)cc2)CC1. The Morgan fingerprint density at radius 2 is 1.94 bits per heavy atom. The van der Waals surface area contributed by atoms with Crippen LogP contribution in [0.4, 0.5) is 0 Å². The van der Waals surface area contributed by atoms with Crippen molar-refractivity contribution in [1.82, 2.24) is 4.90 Å². The zero-order chi connectivity index (χ0) is 13.0. The number of carbonyl (C=O) groups excluding carboxylic acids is 1. The number of rotatable bonds is 4. The summed E-state index contributed by atoms with van der Waals surface area (Å²) in [4.78, 5) is 13.4. The Kier molecular flexibility index (Phi) is 4.33. The number of primary amides is 1. The van der Waals surface area contributed by atoms with Crippen LogP contribution in [0.5, 0.6) is 0 Å². The summed E-state index contributed by atoms with van der Waals surface area (Å²) < 4.78 is 5.35. The van der Waals surface area contributed by atoms with E-state index in [1.165, 1.54) is 5.56 Å². The van der Waals surface area contributed by atoms with Crippen LogP contribution in [-0.2, 0) is 11.3 Å². The molecule has 1 fully saturated rings. The predicted molar refractivity (Wildman–Crippen MR) is 70.3 cm³/mol. The summed E-state index contributed by atoms with van der Waals surface area (Å²) in [5.41, 5.74) is 7.00.